The number of halogens is 8. The molecular weight excluding hydrogens is 460 g/mol. The molecule has 0 heterocycles. The lowest BCUT2D eigenvalue weighted by Gasteiger charge is -2.17. The summed E-state index contributed by atoms with van der Waals surface area (Å²) in [5.74, 6) is -1.10. The summed E-state index contributed by atoms with van der Waals surface area (Å²) in [6.45, 7) is 0. The van der Waals surface area contributed by atoms with E-state index in [1.54, 1.807) is 0 Å². The largest absolute Gasteiger partial charge is 0.506 e. The van der Waals surface area contributed by atoms with Crippen LogP contribution in [-0.4, -0.2) is 10.2 Å². The van der Waals surface area contributed by atoms with Gasteiger partial charge in [0.1, 0.15) is 21.5 Å². The highest BCUT2D eigenvalue weighted by molar-refractivity contribution is 6.56. The maximum Gasteiger partial charge on any atom is 0.145 e. The molecule has 0 saturated heterocycles. The van der Waals surface area contributed by atoms with E-state index in [1.165, 1.54) is 0 Å². The number of aromatic hydroxyl groups is 2. The lowest BCUT2D eigenvalue weighted by Crippen LogP contribution is -1.90. The van der Waals surface area contributed by atoms with E-state index in [0.717, 1.165) is 0 Å². The van der Waals surface area contributed by atoms with Gasteiger partial charge in [0.05, 0.1) is 41.3 Å². The third-order valence-electron chi connectivity index (χ3n) is 2.73. The fourth-order valence-electron chi connectivity index (χ4n) is 1.70. The summed E-state index contributed by atoms with van der Waals surface area (Å²) in [6, 6.07) is 0. The first-order valence-corrected chi connectivity index (χ1v) is 8.23. The van der Waals surface area contributed by atoms with Crippen LogP contribution in [0.15, 0.2) is 0 Å². The normalized spacial score (nSPS) is 11.1. The molecule has 0 radical (unpaired) electrons. The molecule has 0 amide bonds. The van der Waals surface area contributed by atoms with Crippen LogP contribution in [0.5, 0.6) is 11.5 Å². The van der Waals surface area contributed by atoms with Gasteiger partial charge in [0, 0.05) is 0 Å². The number of rotatable bonds is 1. The Morgan fingerprint density at radius 2 is 0.591 bits per heavy atom. The Morgan fingerprint density at radius 3 is 0.864 bits per heavy atom. The first-order chi connectivity index (χ1) is 10.1. The van der Waals surface area contributed by atoms with Crippen LogP contribution < -0.4 is 0 Å². The van der Waals surface area contributed by atoms with Crippen LogP contribution in [0.4, 0.5) is 0 Å². The van der Waals surface area contributed by atoms with Crippen molar-refractivity contribution in [2.45, 2.75) is 0 Å². The van der Waals surface area contributed by atoms with Gasteiger partial charge in [-0.3, -0.25) is 0 Å². The molecule has 0 bridgehead atoms. The molecule has 0 spiro atoms. The molecular formula is C12H2Cl8O2. The van der Waals surface area contributed by atoms with E-state index in [4.69, 9.17) is 92.8 Å². The van der Waals surface area contributed by atoms with Crippen LogP contribution in [0, 0.1) is 0 Å². The van der Waals surface area contributed by atoms with Crippen molar-refractivity contribution in [1.82, 2.24) is 0 Å². The molecule has 118 valence electrons. The standard InChI is InChI=1S/C12H2Cl8O2/c13-3-1(11(21)9(19)7(17)5(3)15)2-4(14)6(16)8(18)10(20)12(2)22/h21-22H. The highest BCUT2D eigenvalue weighted by Gasteiger charge is 2.28. The zero-order chi connectivity index (χ0) is 16.9. The van der Waals surface area contributed by atoms with E-state index in [9.17, 15) is 10.2 Å². The Bertz CT molecular complexity index is 677. The summed E-state index contributed by atoms with van der Waals surface area (Å²) < 4.78 is 0. The molecule has 22 heavy (non-hydrogen) atoms. The van der Waals surface area contributed by atoms with Crippen molar-refractivity contribution in [3.63, 3.8) is 0 Å². The van der Waals surface area contributed by atoms with Crippen LogP contribution in [0.3, 0.4) is 0 Å². The highest BCUT2D eigenvalue weighted by Crippen LogP contribution is 2.56. The Hall–Kier alpha value is 0.360. The van der Waals surface area contributed by atoms with Crippen LogP contribution in [0.2, 0.25) is 40.2 Å². The second kappa shape index (κ2) is 6.70. The molecule has 0 aliphatic rings. The Kier molecular flexibility index (Phi) is 5.69. The Morgan fingerprint density at radius 1 is 0.364 bits per heavy atom. The number of benzene rings is 2. The van der Waals surface area contributed by atoms with Gasteiger partial charge in [0.25, 0.3) is 0 Å². The molecule has 2 N–H and O–H groups in total. The van der Waals surface area contributed by atoms with Crippen LogP contribution in [0.1, 0.15) is 0 Å². The summed E-state index contributed by atoms with van der Waals surface area (Å²) in [6.07, 6.45) is 0. The number of phenolic OH excluding ortho intramolecular Hbond substituents is 2. The maximum absolute atomic E-state index is 10.2. The molecule has 2 rings (SSSR count). The average molecular weight is 462 g/mol. The third kappa shape index (κ3) is 2.78. The monoisotopic (exact) mass is 458 g/mol. The molecule has 2 nitrogen and oxygen atoms in total. The van der Waals surface area contributed by atoms with Crippen molar-refractivity contribution in [2.24, 2.45) is 0 Å². The zero-order valence-electron chi connectivity index (χ0n) is 9.92. The van der Waals surface area contributed by atoms with Gasteiger partial charge >= 0.3 is 0 Å². The highest BCUT2D eigenvalue weighted by atomic mass is 35.5. The van der Waals surface area contributed by atoms with Crippen LogP contribution in [-0.2, 0) is 0 Å². The minimum Gasteiger partial charge on any atom is -0.506 e. The Balaban J connectivity index is 3.03. The van der Waals surface area contributed by atoms with E-state index in [2.05, 4.69) is 0 Å². The van der Waals surface area contributed by atoms with Gasteiger partial charge < -0.3 is 10.2 Å². The Labute approximate surface area is 165 Å². The minimum absolute atomic E-state index is 0.140. The summed E-state index contributed by atoms with van der Waals surface area (Å²) in [7, 11) is 0. The van der Waals surface area contributed by atoms with E-state index in [1.807, 2.05) is 0 Å². The summed E-state index contributed by atoms with van der Waals surface area (Å²) >= 11 is 47.5. The molecule has 2 aromatic carbocycles. The van der Waals surface area contributed by atoms with Gasteiger partial charge in [0.2, 0.25) is 0 Å². The van der Waals surface area contributed by atoms with Crippen molar-refractivity contribution in [3.05, 3.63) is 40.2 Å². The fourth-order valence-corrected chi connectivity index (χ4v) is 3.57. The quantitative estimate of drug-likeness (QED) is 0.334. The van der Waals surface area contributed by atoms with Gasteiger partial charge in [-0.1, -0.05) is 92.8 Å². The van der Waals surface area contributed by atoms with Crippen LogP contribution >= 0.6 is 92.8 Å². The topological polar surface area (TPSA) is 40.5 Å². The predicted molar refractivity (Wildman–Crippen MR) is 95.3 cm³/mol. The number of phenols is 2. The number of hydrogen-bond donors (Lipinski definition) is 2. The van der Waals surface area contributed by atoms with E-state index in [0.29, 0.717) is 0 Å². The van der Waals surface area contributed by atoms with E-state index < -0.39 is 11.5 Å². The molecule has 0 saturated carbocycles. The van der Waals surface area contributed by atoms with Crippen molar-refractivity contribution in [1.29, 1.82) is 0 Å². The molecule has 0 aliphatic carbocycles. The molecule has 2 aromatic rings. The van der Waals surface area contributed by atoms with Gasteiger partial charge in [-0.2, -0.15) is 0 Å². The van der Waals surface area contributed by atoms with Crippen molar-refractivity contribution in [2.75, 3.05) is 0 Å². The lowest BCUT2D eigenvalue weighted by molar-refractivity contribution is 0.469. The van der Waals surface area contributed by atoms with Gasteiger partial charge in [-0.25, -0.2) is 0 Å². The zero-order valence-corrected chi connectivity index (χ0v) is 16.0. The molecule has 0 aliphatic heterocycles. The van der Waals surface area contributed by atoms with Gasteiger partial charge in [-0.15, -0.1) is 0 Å². The SMILES string of the molecule is Oc1c(Cl)c(Cl)c(Cl)c(Cl)c1-c1c(O)c(Cl)c(Cl)c(Cl)c1Cl. The van der Waals surface area contributed by atoms with E-state index in [-0.39, 0.29) is 51.3 Å². The van der Waals surface area contributed by atoms with Crippen molar-refractivity contribution < 1.29 is 10.2 Å². The van der Waals surface area contributed by atoms with Crippen molar-refractivity contribution in [3.8, 4) is 22.6 Å². The predicted octanol–water partition coefficient (Wildman–Crippen LogP) is 7.99. The van der Waals surface area contributed by atoms with Gasteiger partial charge in [-0.05, 0) is 0 Å². The first-order valence-electron chi connectivity index (χ1n) is 5.21. The molecule has 0 aromatic heterocycles. The van der Waals surface area contributed by atoms with E-state index >= 15 is 0 Å². The minimum atomic E-state index is -0.548. The smallest absolute Gasteiger partial charge is 0.145 e. The second-order valence-corrected chi connectivity index (χ2v) is 6.98. The molecule has 0 atom stereocenters. The van der Waals surface area contributed by atoms with Gasteiger partial charge in [0.15, 0.2) is 0 Å². The lowest BCUT2D eigenvalue weighted by atomic mass is 10.0. The summed E-state index contributed by atoms with van der Waals surface area (Å²) in [5.41, 5.74) is -0.354. The average Bonchev–Trinajstić information content (AvgIpc) is 2.50. The maximum atomic E-state index is 10.2. The van der Waals surface area contributed by atoms with Crippen molar-refractivity contribution >= 4 is 92.8 Å². The summed E-state index contributed by atoms with van der Waals surface area (Å²) in [4.78, 5) is 0. The third-order valence-corrected chi connectivity index (χ3v) is 6.32. The number of hydrogen-bond acceptors (Lipinski definition) is 2. The molecule has 0 fully saturated rings. The fraction of sp³-hybridized carbons (Fsp3) is 0. The first kappa shape index (κ1) is 18.7. The molecule has 0 unspecified atom stereocenters. The van der Waals surface area contributed by atoms with Crippen LogP contribution in [0.25, 0.3) is 11.1 Å². The summed E-state index contributed by atoms with van der Waals surface area (Å²) in [5, 5.41) is 18.8. The molecule has 10 heteroatoms. The second-order valence-electron chi connectivity index (χ2n) is 3.96.